The summed E-state index contributed by atoms with van der Waals surface area (Å²) in [6, 6.07) is 8.19. The molecule has 0 saturated heterocycles. The maximum absolute atomic E-state index is 6.14. The van der Waals surface area contributed by atoms with E-state index in [1.165, 1.54) is 11.1 Å². The minimum Gasteiger partial charge on any atom is -0.322 e. The molecule has 0 fully saturated rings. The molecule has 1 atom stereocenters. The zero-order valence-electron chi connectivity index (χ0n) is 10.2. The Labute approximate surface area is 102 Å². The molecule has 1 aromatic heterocycles. The van der Waals surface area contributed by atoms with Crippen molar-refractivity contribution in [2.75, 3.05) is 0 Å². The summed E-state index contributed by atoms with van der Waals surface area (Å²) in [5.41, 5.74) is 10.4. The molecular formula is C14H17N3. The number of hydrogen-bond acceptors (Lipinski definition) is 3. The summed E-state index contributed by atoms with van der Waals surface area (Å²) in [7, 11) is 0. The number of aryl methyl sites for hydroxylation is 2. The first-order chi connectivity index (χ1) is 8.16. The van der Waals surface area contributed by atoms with Gasteiger partial charge in [0.05, 0.1) is 23.6 Å². The third kappa shape index (κ3) is 2.88. The summed E-state index contributed by atoms with van der Waals surface area (Å²) in [5.74, 6) is 0. The highest BCUT2D eigenvalue weighted by Gasteiger charge is 2.10. The molecule has 0 saturated carbocycles. The van der Waals surface area contributed by atoms with E-state index in [-0.39, 0.29) is 6.04 Å². The van der Waals surface area contributed by atoms with Crippen molar-refractivity contribution in [2.45, 2.75) is 26.3 Å². The Balaban J connectivity index is 2.14. The topological polar surface area (TPSA) is 51.8 Å². The van der Waals surface area contributed by atoms with Crippen molar-refractivity contribution in [1.29, 1.82) is 0 Å². The standard InChI is InChI=1S/C14H17N3/c1-10-5-3-4-6-12(10)7-13(15)14-9-16-11(2)8-17-14/h3-6,8-9,13H,7,15H2,1-2H3. The van der Waals surface area contributed by atoms with Gasteiger partial charge in [0.1, 0.15) is 0 Å². The molecule has 0 bridgehead atoms. The number of rotatable bonds is 3. The van der Waals surface area contributed by atoms with Crippen molar-refractivity contribution in [3.05, 3.63) is 59.2 Å². The second-order valence-electron chi connectivity index (χ2n) is 4.32. The molecule has 2 aromatic rings. The molecule has 0 amide bonds. The Hall–Kier alpha value is -1.74. The third-order valence-corrected chi connectivity index (χ3v) is 2.88. The van der Waals surface area contributed by atoms with E-state index in [9.17, 15) is 0 Å². The van der Waals surface area contributed by atoms with E-state index < -0.39 is 0 Å². The molecule has 1 heterocycles. The summed E-state index contributed by atoms with van der Waals surface area (Å²) in [5, 5.41) is 0. The number of hydrogen-bond donors (Lipinski definition) is 1. The van der Waals surface area contributed by atoms with Crippen LogP contribution in [-0.2, 0) is 6.42 Å². The largest absolute Gasteiger partial charge is 0.322 e. The summed E-state index contributed by atoms with van der Waals surface area (Å²) in [6.45, 7) is 4.02. The zero-order chi connectivity index (χ0) is 12.3. The lowest BCUT2D eigenvalue weighted by Gasteiger charge is -2.12. The molecule has 0 aliphatic carbocycles. The molecular weight excluding hydrogens is 210 g/mol. The van der Waals surface area contributed by atoms with Gasteiger partial charge in [0.2, 0.25) is 0 Å². The van der Waals surface area contributed by atoms with Crippen LogP contribution in [0.2, 0.25) is 0 Å². The van der Waals surface area contributed by atoms with Crippen LogP contribution in [0.3, 0.4) is 0 Å². The van der Waals surface area contributed by atoms with Gasteiger partial charge < -0.3 is 5.73 Å². The normalized spacial score (nSPS) is 12.4. The fraction of sp³-hybridized carbons (Fsp3) is 0.286. The maximum atomic E-state index is 6.14. The second kappa shape index (κ2) is 5.06. The molecule has 0 aliphatic rings. The highest BCUT2D eigenvalue weighted by Crippen LogP contribution is 2.16. The van der Waals surface area contributed by atoms with Gasteiger partial charge in [-0.3, -0.25) is 9.97 Å². The highest BCUT2D eigenvalue weighted by molar-refractivity contribution is 5.27. The number of aromatic nitrogens is 2. The van der Waals surface area contributed by atoms with Crippen LogP contribution in [0.25, 0.3) is 0 Å². The van der Waals surface area contributed by atoms with Crippen LogP contribution in [-0.4, -0.2) is 9.97 Å². The second-order valence-corrected chi connectivity index (χ2v) is 4.32. The van der Waals surface area contributed by atoms with Crippen LogP contribution in [0.1, 0.15) is 28.6 Å². The van der Waals surface area contributed by atoms with Crippen LogP contribution in [0, 0.1) is 13.8 Å². The van der Waals surface area contributed by atoms with E-state index >= 15 is 0 Å². The molecule has 88 valence electrons. The van der Waals surface area contributed by atoms with Crippen molar-refractivity contribution in [3.8, 4) is 0 Å². The quantitative estimate of drug-likeness (QED) is 0.875. The number of nitrogens with two attached hydrogens (primary N) is 1. The van der Waals surface area contributed by atoms with Gasteiger partial charge in [0.25, 0.3) is 0 Å². The Bertz CT molecular complexity index is 491. The van der Waals surface area contributed by atoms with E-state index in [1.54, 1.807) is 12.4 Å². The molecule has 2 N–H and O–H groups in total. The Kier molecular flexibility index (Phi) is 3.49. The molecule has 2 rings (SSSR count). The van der Waals surface area contributed by atoms with Crippen molar-refractivity contribution in [3.63, 3.8) is 0 Å². The summed E-state index contributed by atoms with van der Waals surface area (Å²) in [6.07, 6.45) is 4.32. The summed E-state index contributed by atoms with van der Waals surface area (Å²) >= 11 is 0. The van der Waals surface area contributed by atoms with E-state index in [0.717, 1.165) is 17.8 Å². The lowest BCUT2D eigenvalue weighted by atomic mass is 10.00. The first-order valence-corrected chi connectivity index (χ1v) is 5.75. The van der Waals surface area contributed by atoms with Gasteiger partial charge in [0, 0.05) is 6.20 Å². The van der Waals surface area contributed by atoms with Crippen molar-refractivity contribution >= 4 is 0 Å². The third-order valence-electron chi connectivity index (χ3n) is 2.88. The Morgan fingerprint density at radius 2 is 1.88 bits per heavy atom. The SMILES string of the molecule is Cc1cnc(C(N)Cc2ccccc2C)cn1. The van der Waals surface area contributed by atoms with Crippen molar-refractivity contribution < 1.29 is 0 Å². The molecule has 1 unspecified atom stereocenters. The van der Waals surface area contributed by atoms with Gasteiger partial charge in [-0.15, -0.1) is 0 Å². The fourth-order valence-electron chi connectivity index (χ4n) is 1.77. The molecule has 0 spiro atoms. The van der Waals surface area contributed by atoms with Crippen LogP contribution in [0.4, 0.5) is 0 Å². The first kappa shape index (κ1) is 11.7. The lowest BCUT2D eigenvalue weighted by Crippen LogP contribution is -2.15. The monoisotopic (exact) mass is 227 g/mol. The predicted octanol–water partition coefficient (Wildman–Crippen LogP) is 2.34. The average Bonchev–Trinajstić information content (AvgIpc) is 2.33. The number of nitrogens with zero attached hydrogens (tertiary/aromatic N) is 2. The molecule has 1 aromatic carbocycles. The predicted molar refractivity (Wildman–Crippen MR) is 68.6 cm³/mol. The van der Waals surface area contributed by atoms with Crippen LogP contribution >= 0.6 is 0 Å². The van der Waals surface area contributed by atoms with E-state index in [1.807, 2.05) is 19.1 Å². The Morgan fingerprint density at radius 3 is 2.53 bits per heavy atom. The highest BCUT2D eigenvalue weighted by atomic mass is 14.8. The zero-order valence-corrected chi connectivity index (χ0v) is 10.2. The molecule has 0 aliphatic heterocycles. The molecule has 3 nitrogen and oxygen atoms in total. The first-order valence-electron chi connectivity index (χ1n) is 5.75. The lowest BCUT2D eigenvalue weighted by molar-refractivity contribution is 0.687. The Morgan fingerprint density at radius 1 is 1.12 bits per heavy atom. The van der Waals surface area contributed by atoms with E-state index in [4.69, 9.17) is 5.73 Å². The van der Waals surface area contributed by atoms with Gasteiger partial charge >= 0.3 is 0 Å². The van der Waals surface area contributed by atoms with Gasteiger partial charge in [-0.1, -0.05) is 24.3 Å². The van der Waals surface area contributed by atoms with E-state index in [2.05, 4.69) is 29.0 Å². The van der Waals surface area contributed by atoms with Gasteiger partial charge in [-0.2, -0.15) is 0 Å². The van der Waals surface area contributed by atoms with Gasteiger partial charge in [-0.25, -0.2) is 0 Å². The maximum Gasteiger partial charge on any atom is 0.0757 e. The molecule has 0 radical (unpaired) electrons. The van der Waals surface area contributed by atoms with Gasteiger partial charge in [0.15, 0.2) is 0 Å². The smallest absolute Gasteiger partial charge is 0.0757 e. The molecule has 17 heavy (non-hydrogen) atoms. The molecule has 3 heteroatoms. The summed E-state index contributed by atoms with van der Waals surface area (Å²) < 4.78 is 0. The van der Waals surface area contributed by atoms with Crippen LogP contribution in [0.5, 0.6) is 0 Å². The van der Waals surface area contributed by atoms with Crippen molar-refractivity contribution in [1.82, 2.24) is 9.97 Å². The van der Waals surface area contributed by atoms with E-state index in [0.29, 0.717) is 0 Å². The summed E-state index contributed by atoms with van der Waals surface area (Å²) in [4.78, 5) is 8.54. The number of benzene rings is 1. The minimum atomic E-state index is -0.0933. The minimum absolute atomic E-state index is 0.0933. The average molecular weight is 227 g/mol. The fourth-order valence-corrected chi connectivity index (χ4v) is 1.77. The van der Waals surface area contributed by atoms with Crippen LogP contribution < -0.4 is 5.73 Å². The van der Waals surface area contributed by atoms with Crippen LogP contribution in [0.15, 0.2) is 36.7 Å². The van der Waals surface area contributed by atoms with Gasteiger partial charge in [-0.05, 0) is 31.4 Å². The van der Waals surface area contributed by atoms with Crippen molar-refractivity contribution in [2.24, 2.45) is 5.73 Å².